The van der Waals surface area contributed by atoms with Crippen molar-refractivity contribution >= 4 is 11.9 Å². The molecule has 1 atom stereocenters. The molecule has 486 valence electrons. The van der Waals surface area contributed by atoms with Crippen molar-refractivity contribution in [1.29, 1.82) is 0 Å². The summed E-state index contributed by atoms with van der Waals surface area (Å²) in [4.78, 5) is 24.7. The molecule has 0 aliphatic carbocycles. The molecule has 0 aromatic rings. The van der Waals surface area contributed by atoms with Crippen molar-refractivity contribution in [1.82, 2.24) is 0 Å². The van der Waals surface area contributed by atoms with Gasteiger partial charge in [-0.05, 0) is 77.0 Å². The maximum absolute atomic E-state index is 12.4. The molecule has 0 spiro atoms. The molecule has 5 heteroatoms. The lowest BCUT2D eigenvalue weighted by Crippen LogP contribution is -2.28. The highest BCUT2D eigenvalue weighted by atomic mass is 16.6. The van der Waals surface area contributed by atoms with E-state index in [2.05, 4.69) is 111 Å². The fraction of sp³-hybridized carbons (Fsp3) is 0.772. The zero-order valence-corrected chi connectivity index (χ0v) is 55.9. The zero-order chi connectivity index (χ0) is 60.5. The van der Waals surface area contributed by atoms with E-state index in [1.54, 1.807) is 0 Å². The Morgan fingerprint density at radius 2 is 0.512 bits per heavy atom. The maximum atomic E-state index is 12.4. The van der Waals surface area contributed by atoms with Crippen molar-refractivity contribution in [3.63, 3.8) is 0 Å². The Morgan fingerprint density at radius 1 is 0.286 bits per heavy atom. The SMILES string of the molecule is CC/C=C\C/C=C\C/C=C\C/C=C\C/C=C\C/C=C\C/C=C\C/C=C\CCCCCCCCC(=O)OC(CO)COC(=O)CCCCCCCCCCCCCCCCCCCCCCCCCCCCCCCCCCCCCCCCC. The van der Waals surface area contributed by atoms with Gasteiger partial charge in [0.15, 0.2) is 6.10 Å². The molecule has 0 amide bonds. The van der Waals surface area contributed by atoms with E-state index in [9.17, 15) is 14.7 Å². The number of carbonyl (C=O) groups excluding carboxylic acids is 2. The predicted octanol–water partition coefficient (Wildman–Crippen LogP) is 25.8. The summed E-state index contributed by atoms with van der Waals surface area (Å²) in [5.41, 5.74) is 0. The summed E-state index contributed by atoms with van der Waals surface area (Å²) in [5, 5.41) is 9.70. The molecule has 0 heterocycles. The van der Waals surface area contributed by atoms with Crippen molar-refractivity contribution in [2.75, 3.05) is 13.2 Å². The quantitative estimate of drug-likeness (QED) is 0.0373. The lowest BCUT2D eigenvalue weighted by molar-refractivity contribution is -0.161. The molecule has 0 saturated carbocycles. The minimum atomic E-state index is -0.787. The Kier molecular flexibility index (Phi) is 71.3. The monoisotopic (exact) mass is 1170 g/mol. The first-order chi connectivity index (χ1) is 41.6. The van der Waals surface area contributed by atoms with Crippen LogP contribution in [0.5, 0.6) is 0 Å². The predicted molar refractivity (Wildman–Crippen MR) is 371 cm³/mol. The van der Waals surface area contributed by atoms with Crippen LogP contribution in [0.2, 0.25) is 0 Å². The van der Waals surface area contributed by atoms with E-state index >= 15 is 0 Å². The topological polar surface area (TPSA) is 72.8 Å². The fourth-order valence-electron chi connectivity index (χ4n) is 10.9. The second-order valence-electron chi connectivity index (χ2n) is 24.7. The van der Waals surface area contributed by atoms with E-state index in [4.69, 9.17) is 9.47 Å². The van der Waals surface area contributed by atoms with Gasteiger partial charge < -0.3 is 14.6 Å². The number of carbonyl (C=O) groups is 2. The number of aliphatic hydroxyl groups is 1. The van der Waals surface area contributed by atoms with Crippen molar-refractivity contribution in [3.05, 3.63) is 97.2 Å². The third kappa shape index (κ3) is 71.3. The second kappa shape index (κ2) is 74.1. The first kappa shape index (κ1) is 80.8. The number of ether oxygens (including phenoxy) is 2. The molecule has 5 nitrogen and oxygen atoms in total. The van der Waals surface area contributed by atoms with E-state index in [-0.39, 0.29) is 25.2 Å². The normalized spacial score (nSPS) is 12.8. The molecule has 0 fully saturated rings. The standard InChI is InChI=1S/C79H140O5/c1-3-5-7-9-11-13-15-17-19-21-23-25-27-29-31-33-35-36-37-38-39-40-41-42-44-45-47-49-51-53-55-57-59-61-63-65-67-69-71-73-78(81)83-76-77(75-80)84-79(82)74-72-70-68-66-64-62-60-58-56-54-52-50-48-46-43-34-32-30-28-26-24-22-20-18-16-14-12-10-8-6-4-2/h6,8,12,14,18,20,24,26,30,32,43,46,50,52,56,58,77,80H,3-5,7,9-11,13,15-17,19,21-23,25,27-29,31,33-42,44-45,47-49,51,53-55,57,59-76H2,1-2H3/b8-6-,14-12-,20-18-,26-24-,32-30-,46-43-,52-50-,58-56-. The maximum Gasteiger partial charge on any atom is 0.306 e. The molecule has 0 rings (SSSR count). The van der Waals surface area contributed by atoms with Crippen LogP contribution in [0, 0.1) is 0 Å². The van der Waals surface area contributed by atoms with Gasteiger partial charge in [-0.15, -0.1) is 0 Å². The molecule has 0 radical (unpaired) electrons. The Balaban J connectivity index is 3.45. The molecule has 0 aromatic carbocycles. The summed E-state index contributed by atoms with van der Waals surface area (Å²) in [7, 11) is 0. The van der Waals surface area contributed by atoms with E-state index in [0.29, 0.717) is 12.8 Å². The minimum absolute atomic E-state index is 0.0735. The van der Waals surface area contributed by atoms with E-state index in [0.717, 1.165) is 96.3 Å². The van der Waals surface area contributed by atoms with E-state index in [1.807, 2.05) is 0 Å². The Morgan fingerprint density at radius 3 is 0.774 bits per heavy atom. The number of rotatable bonds is 68. The van der Waals surface area contributed by atoms with Crippen LogP contribution in [0.3, 0.4) is 0 Å². The van der Waals surface area contributed by atoms with Gasteiger partial charge in [0.1, 0.15) is 6.61 Å². The van der Waals surface area contributed by atoms with Gasteiger partial charge in [0.25, 0.3) is 0 Å². The number of aliphatic hydroxyl groups excluding tert-OH is 1. The Hall–Kier alpha value is -3.18. The minimum Gasteiger partial charge on any atom is -0.462 e. The molecule has 0 aliphatic heterocycles. The molecule has 1 unspecified atom stereocenters. The van der Waals surface area contributed by atoms with Gasteiger partial charge in [0, 0.05) is 12.8 Å². The van der Waals surface area contributed by atoms with Crippen molar-refractivity contribution in [3.8, 4) is 0 Å². The Bertz CT molecular complexity index is 1560. The van der Waals surface area contributed by atoms with Crippen LogP contribution in [-0.4, -0.2) is 36.4 Å². The lowest BCUT2D eigenvalue weighted by Gasteiger charge is -2.15. The first-order valence-corrected chi connectivity index (χ1v) is 36.8. The number of esters is 2. The lowest BCUT2D eigenvalue weighted by atomic mass is 10.0. The fourth-order valence-corrected chi connectivity index (χ4v) is 10.9. The van der Waals surface area contributed by atoms with Crippen LogP contribution >= 0.6 is 0 Å². The van der Waals surface area contributed by atoms with Crippen molar-refractivity contribution < 1.29 is 24.2 Å². The first-order valence-electron chi connectivity index (χ1n) is 36.8. The summed E-state index contributed by atoms with van der Waals surface area (Å²) in [6, 6.07) is 0. The van der Waals surface area contributed by atoms with Crippen LogP contribution in [0.4, 0.5) is 0 Å². The smallest absolute Gasteiger partial charge is 0.306 e. The molecular formula is C79H140O5. The van der Waals surface area contributed by atoms with Crippen LogP contribution in [-0.2, 0) is 19.1 Å². The molecule has 0 saturated heterocycles. The average molecular weight is 1170 g/mol. The van der Waals surface area contributed by atoms with Gasteiger partial charge in [0.2, 0.25) is 0 Å². The summed E-state index contributed by atoms with van der Waals surface area (Å²) in [6.45, 7) is 4.06. The van der Waals surface area contributed by atoms with Gasteiger partial charge in [-0.25, -0.2) is 0 Å². The molecule has 0 aliphatic rings. The highest BCUT2D eigenvalue weighted by Gasteiger charge is 2.16. The average Bonchev–Trinajstić information content (AvgIpc) is 3.51. The molecule has 84 heavy (non-hydrogen) atoms. The molecule has 0 bridgehead atoms. The Labute approximate surface area is 523 Å². The van der Waals surface area contributed by atoms with E-state index in [1.165, 1.54) is 250 Å². The summed E-state index contributed by atoms with van der Waals surface area (Å²) in [6.07, 6.45) is 106. The zero-order valence-electron chi connectivity index (χ0n) is 55.9. The van der Waals surface area contributed by atoms with Crippen LogP contribution < -0.4 is 0 Å². The number of allylic oxidation sites excluding steroid dienone is 16. The third-order valence-electron chi connectivity index (χ3n) is 16.4. The summed E-state index contributed by atoms with van der Waals surface area (Å²) < 4.78 is 10.8. The summed E-state index contributed by atoms with van der Waals surface area (Å²) >= 11 is 0. The van der Waals surface area contributed by atoms with Gasteiger partial charge in [-0.1, -0.05) is 381 Å². The highest BCUT2D eigenvalue weighted by molar-refractivity contribution is 5.70. The van der Waals surface area contributed by atoms with Crippen molar-refractivity contribution in [2.24, 2.45) is 0 Å². The third-order valence-corrected chi connectivity index (χ3v) is 16.4. The van der Waals surface area contributed by atoms with Gasteiger partial charge >= 0.3 is 11.9 Å². The molecule has 0 aromatic heterocycles. The highest BCUT2D eigenvalue weighted by Crippen LogP contribution is 2.19. The van der Waals surface area contributed by atoms with E-state index < -0.39 is 6.10 Å². The van der Waals surface area contributed by atoms with Crippen molar-refractivity contribution in [2.45, 2.75) is 380 Å². The number of unbranched alkanes of at least 4 members (excludes halogenated alkanes) is 44. The van der Waals surface area contributed by atoms with Crippen LogP contribution in [0.15, 0.2) is 97.2 Å². The van der Waals surface area contributed by atoms with Crippen LogP contribution in [0.25, 0.3) is 0 Å². The largest absolute Gasteiger partial charge is 0.462 e. The van der Waals surface area contributed by atoms with Gasteiger partial charge in [0.05, 0.1) is 6.61 Å². The number of hydrogen-bond acceptors (Lipinski definition) is 5. The van der Waals surface area contributed by atoms with Crippen LogP contribution in [0.1, 0.15) is 373 Å². The number of hydrogen-bond donors (Lipinski definition) is 1. The molecule has 1 N–H and O–H groups in total. The molecular weight excluding hydrogens is 1030 g/mol. The van der Waals surface area contributed by atoms with Gasteiger partial charge in [-0.3, -0.25) is 9.59 Å². The second-order valence-corrected chi connectivity index (χ2v) is 24.7. The van der Waals surface area contributed by atoms with Gasteiger partial charge in [-0.2, -0.15) is 0 Å². The summed E-state index contributed by atoms with van der Waals surface area (Å²) in [5.74, 6) is -0.597.